The fraction of sp³-hybridized carbons (Fsp3) is 0.296. The Bertz CT molecular complexity index is 1180. The van der Waals surface area contributed by atoms with Gasteiger partial charge in [0, 0.05) is 11.8 Å². The van der Waals surface area contributed by atoms with Gasteiger partial charge in [-0.2, -0.15) is 0 Å². The molecule has 3 aromatic rings. The van der Waals surface area contributed by atoms with E-state index < -0.39 is 12.1 Å². The Hall–Kier alpha value is -3.27. The zero-order valence-corrected chi connectivity index (χ0v) is 17.5. The van der Waals surface area contributed by atoms with Gasteiger partial charge in [-0.3, -0.25) is 4.79 Å². The summed E-state index contributed by atoms with van der Waals surface area (Å²) in [6.45, 7) is 0. The molecular weight excluding hydrogens is 386 g/mol. The predicted octanol–water partition coefficient (Wildman–Crippen LogP) is 5.78. The third-order valence-corrected chi connectivity index (χ3v) is 6.26. The molecule has 0 bridgehead atoms. The topological polar surface area (TPSA) is 56.3 Å². The van der Waals surface area contributed by atoms with Crippen molar-refractivity contribution in [2.24, 2.45) is 0 Å². The number of pyridine rings is 1. The van der Waals surface area contributed by atoms with Crippen LogP contribution in [0.4, 0.5) is 0 Å². The van der Waals surface area contributed by atoms with Gasteiger partial charge in [-0.05, 0) is 67.4 Å². The number of nitrogens with zero attached hydrogens (tertiary/aromatic N) is 1. The first kappa shape index (κ1) is 19.7. The second kappa shape index (κ2) is 8.46. The first-order valence-electron chi connectivity index (χ1n) is 11.1. The van der Waals surface area contributed by atoms with Crippen molar-refractivity contribution >= 4 is 34.3 Å². The molecule has 1 saturated carbocycles. The Morgan fingerprint density at radius 1 is 0.935 bits per heavy atom. The third-order valence-electron chi connectivity index (χ3n) is 6.26. The molecule has 0 unspecified atom stereocenters. The Labute approximate surface area is 182 Å². The Kier molecular flexibility index (Phi) is 5.37. The minimum atomic E-state index is -0.619. The van der Waals surface area contributed by atoms with Gasteiger partial charge in [0.25, 0.3) is 0 Å². The van der Waals surface area contributed by atoms with Crippen molar-refractivity contribution in [2.45, 2.75) is 51.0 Å². The van der Waals surface area contributed by atoms with Crippen LogP contribution in [0.25, 0.3) is 22.6 Å². The maximum atomic E-state index is 13.4. The van der Waals surface area contributed by atoms with Crippen LogP contribution in [0.3, 0.4) is 0 Å². The van der Waals surface area contributed by atoms with Gasteiger partial charge in [0.05, 0.1) is 16.8 Å². The van der Waals surface area contributed by atoms with Gasteiger partial charge in [-0.25, -0.2) is 9.78 Å². The van der Waals surface area contributed by atoms with Crippen LogP contribution in [0.2, 0.25) is 0 Å². The van der Waals surface area contributed by atoms with Crippen LogP contribution >= 0.6 is 0 Å². The van der Waals surface area contributed by atoms with E-state index in [1.54, 1.807) is 0 Å². The Balaban J connectivity index is 1.62. The molecule has 1 aromatic heterocycles. The van der Waals surface area contributed by atoms with E-state index >= 15 is 0 Å². The molecule has 0 N–H and O–H groups in total. The molecule has 2 aliphatic rings. The van der Waals surface area contributed by atoms with Gasteiger partial charge < -0.3 is 4.74 Å². The number of ketones is 1. The second-order valence-electron chi connectivity index (χ2n) is 8.37. The number of carbonyl (C=O) groups excluding carboxylic acids is 2. The molecule has 1 heterocycles. The first-order valence-corrected chi connectivity index (χ1v) is 11.1. The number of hydrogen-bond donors (Lipinski definition) is 0. The van der Waals surface area contributed by atoms with Gasteiger partial charge in [0.15, 0.2) is 11.9 Å². The first-order chi connectivity index (χ1) is 15.2. The number of carbonyl (C=O) groups is 2. The van der Waals surface area contributed by atoms with Crippen molar-refractivity contribution < 1.29 is 14.3 Å². The van der Waals surface area contributed by atoms with Crippen LogP contribution in [-0.2, 0) is 16.0 Å². The van der Waals surface area contributed by atoms with Crippen molar-refractivity contribution in [1.82, 2.24) is 4.98 Å². The van der Waals surface area contributed by atoms with E-state index in [-0.39, 0.29) is 5.78 Å². The van der Waals surface area contributed by atoms with E-state index in [0.29, 0.717) is 18.4 Å². The summed E-state index contributed by atoms with van der Waals surface area (Å²) in [4.78, 5) is 30.6. The van der Waals surface area contributed by atoms with Crippen LogP contribution in [0, 0.1) is 0 Å². The zero-order chi connectivity index (χ0) is 21.2. The average molecular weight is 412 g/mol. The molecule has 4 heteroatoms. The molecule has 156 valence electrons. The molecule has 2 aromatic carbocycles. The molecule has 5 rings (SSSR count). The molecule has 0 radical (unpaired) electrons. The largest absolute Gasteiger partial charge is 0.451 e. The molecule has 1 fully saturated rings. The molecule has 0 amide bonds. The number of benzene rings is 2. The molecule has 1 atom stereocenters. The van der Waals surface area contributed by atoms with Crippen LogP contribution in [-0.4, -0.2) is 22.8 Å². The minimum Gasteiger partial charge on any atom is -0.451 e. The highest BCUT2D eigenvalue weighted by Crippen LogP contribution is 2.36. The Morgan fingerprint density at radius 2 is 1.74 bits per heavy atom. The number of ether oxygens (including phenoxy) is 1. The smallest absolute Gasteiger partial charge is 0.339 e. The van der Waals surface area contributed by atoms with Crippen LogP contribution in [0.1, 0.15) is 65.7 Å². The fourth-order valence-corrected chi connectivity index (χ4v) is 4.72. The summed E-state index contributed by atoms with van der Waals surface area (Å²) in [5.74, 6) is -0.354. The highest BCUT2D eigenvalue weighted by Gasteiger charge is 2.30. The lowest BCUT2D eigenvalue weighted by Gasteiger charge is -2.25. The van der Waals surface area contributed by atoms with E-state index in [4.69, 9.17) is 9.72 Å². The molecular formula is C27H25NO3. The SMILES string of the molecule is O=C(O[C@H]1CCCCC1=O)c1c2c(nc3ccccc13)/C(=C/c1ccccc1)CCC2. The fourth-order valence-electron chi connectivity index (χ4n) is 4.72. The number of Topliss-reactive ketones (excluding diaryl/α,β-unsaturated/α-hetero) is 1. The lowest BCUT2D eigenvalue weighted by Crippen LogP contribution is -2.30. The summed E-state index contributed by atoms with van der Waals surface area (Å²) < 4.78 is 5.78. The quantitative estimate of drug-likeness (QED) is 0.513. The van der Waals surface area contributed by atoms with E-state index in [1.807, 2.05) is 42.5 Å². The summed E-state index contributed by atoms with van der Waals surface area (Å²) in [6.07, 6.45) is 7.12. The average Bonchev–Trinajstić information content (AvgIpc) is 2.80. The minimum absolute atomic E-state index is 0.0384. The number of allylic oxidation sites excluding steroid dienone is 1. The summed E-state index contributed by atoms with van der Waals surface area (Å²) in [6, 6.07) is 17.9. The van der Waals surface area contributed by atoms with Crippen molar-refractivity contribution in [3.05, 3.63) is 77.0 Å². The van der Waals surface area contributed by atoms with E-state index in [0.717, 1.165) is 65.4 Å². The van der Waals surface area contributed by atoms with Gasteiger partial charge >= 0.3 is 5.97 Å². The number of aromatic nitrogens is 1. The predicted molar refractivity (Wildman–Crippen MR) is 122 cm³/mol. The van der Waals surface area contributed by atoms with Crippen LogP contribution < -0.4 is 0 Å². The summed E-state index contributed by atoms with van der Waals surface area (Å²) in [5.41, 5.74) is 5.45. The summed E-state index contributed by atoms with van der Waals surface area (Å²) in [5, 5.41) is 0.801. The van der Waals surface area contributed by atoms with E-state index in [2.05, 4.69) is 18.2 Å². The van der Waals surface area contributed by atoms with E-state index in [9.17, 15) is 9.59 Å². The lowest BCUT2D eigenvalue weighted by molar-refractivity contribution is -0.129. The maximum Gasteiger partial charge on any atom is 0.339 e. The van der Waals surface area contributed by atoms with Crippen molar-refractivity contribution in [3.63, 3.8) is 0 Å². The van der Waals surface area contributed by atoms with Crippen LogP contribution in [0.15, 0.2) is 54.6 Å². The number of rotatable bonds is 3. The molecule has 31 heavy (non-hydrogen) atoms. The van der Waals surface area contributed by atoms with Crippen molar-refractivity contribution in [3.8, 4) is 0 Å². The zero-order valence-electron chi connectivity index (χ0n) is 17.5. The molecule has 2 aliphatic carbocycles. The van der Waals surface area contributed by atoms with Crippen molar-refractivity contribution in [2.75, 3.05) is 0 Å². The standard InChI is InChI=1S/C27H25NO3/c29-23-15-6-7-16-24(23)31-27(30)25-20-12-4-5-14-22(20)28-26-19(11-8-13-21(25)26)17-18-9-2-1-3-10-18/h1-5,9-10,12,14,17,24H,6-8,11,13,15-16H2/b19-17+/t24-/m0/s1. The number of fused-ring (bicyclic) bond motifs is 2. The maximum absolute atomic E-state index is 13.4. The van der Waals surface area contributed by atoms with Gasteiger partial charge in [-0.15, -0.1) is 0 Å². The number of esters is 1. The second-order valence-corrected chi connectivity index (χ2v) is 8.37. The monoisotopic (exact) mass is 411 g/mol. The highest BCUT2D eigenvalue weighted by molar-refractivity contribution is 6.07. The molecule has 0 saturated heterocycles. The van der Waals surface area contributed by atoms with E-state index in [1.165, 1.54) is 0 Å². The molecule has 0 aliphatic heterocycles. The van der Waals surface area contributed by atoms with Gasteiger partial charge in [-0.1, -0.05) is 48.5 Å². The molecule has 4 nitrogen and oxygen atoms in total. The summed E-state index contributed by atoms with van der Waals surface area (Å²) in [7, 11) is 0. The third kappa shape index (κ3) is 3.90. The van der Waals surface area contributed by atoms with Gasteiger partial charge in [0.2, 0.25) is 0 Å². The summed E-state index contributed by atoms with van der Waals surface area (Å²) >= 11 is 0. The Morgan fingerprint density at radius 3 is 2.58 bits per heavy atom. The molecule has 0 spiro atoms. The van der Waals surface area contributed by atoms with Crippen molar-refractivity contribution in [1.29, 1.82) is 0 Å². The lowest BCUT2D eigenvalue weighted by atomic mass is 9.86. The highest BCUT2D eigenvalue weighted by atomic mass is 16.5. The normalized spacial score (nSPS) is 19.9. The van der Waals surface area contributed by atoms with Crippen LogP contribution in [0.5, 0.6) is 0 Å². The number of para-hydroxylation sites is 1. The number of hydrogen-bond acceptors (Lipinski definition) is 4. The van der Waals surface area contributed by atoms with Gasteiger partial charge in [0.1, 0.15) is 0 Å².